The molecule has 388 valence electrons. The van der Waals surface area contributed by atoms with Crippen molar-refractivity contribution in [2.24, 2.45) is 0 Å². The van der Waals surface area contributed by atoms with Crippen LogP contribution in [-0.2, 0) is 27.1 Å². The molecule has 77 heavy (non-hydrogen) atoms. The molecule has 3 nitrogen and oxygen atoms in total. The number of hydrogen-bond acceptors (Lipinski definition) is 3. The fourth-order valence-electron chi connectivity index (χ4n) is 14.0. The molecule has 4 heterocycles. The zero-order valence-corrected chi connectivity index (χ0v) is 49.6. The zero-order chi connectivity index (χ0) is 54.4. The van der Waals surface area contributed by atoms with Gasteiger partial charge in [-0.05, 0) is 158 Å². The molecule has 7 aromatic carbocycles. The summed E-state index contributed by atoms with van der Waals surface area (Å²) in [6, 6.07) is 50.9. The van der Waals surface area contributed by atoms with Gasteiger partial charge in [-0.3, -0.25) is 0 Å². The zero-order valence-electron chi connectivity index (χ0n) is 48.8. The molecule has 0 amide bonds. The minimum atomic E-state index is -0.171. The molecule has 2 aliphatic carbocycles. The van der Waals surface area contributed by atoms with Gasteiger partial charge in [0.05, 0.1) is 22.1 Å². The Morgan fingerprint density at radius 2 is 1.19 bits per heavy atom. The van der Waals surface area contributed by atoms with Crippen LogP contribution in [0.5, 0.6) is 0 Å². The van der Waals surface area contributed by atoms with Gasteiger partial charge in [0.15, 0.2) is 0 Å². The van der Waals surface area contributed by atoms with Gasteiger partial charge < -0.3 is 14.4 Å². The van der Waals surface area contributed by atoms with Crippen molar-refractivity contribution in [2.45, 2.75) is 157 Å². The molecular weight excluding hydrogens is 950 g/mol. The lowest BCUT2D eigenvalue weighted by atomic mass is 9.31. The highest BCUT2D eigenvalue weighted by Gasteiger charge is 2.51. The molecule has 0 bridgehead atoms. The molecule has 2 aliphatic heterocycles. The van der Waals surface area contributed by atoms with E-state index in [0.29, 0.717) is 0 Å². The highest BCUT2D eigenvalue weighted by atomic mass is 32.1. The number of aromatic nitrogens is 1. The maximum Gasteiger partial charge on any atom is 0.247 e. The van der Waals surface area contributed by atoms with Gasteiger partial charge in [-0.25, -0.2) is 0 Å². The maximum absolute atomic E-state index is 2.82. The van der Waals surface area contributed by atoms with Crippen molar-refractivity contribution in [2.75, 3.05) is 9.80 Å². The van der Waals surface area contributed by atoms with Crippen LogP contribution in [0, 0.1) is 13.8 Å². The molecule has 0 saturated heterocycles. The van der Waals surface area contributed by atoms with E-state index in [2.05, 4.69) is 266 Å². The molecule has 4 aliphatic rings. The van der Waals surface area contributed by atoms with Gasteiger partial charge in [0.2, 0.25) is 6.71 Å². The second kappa shape index (κ2) is 16.5. The minimum Gasteiger partial charge on any atom is -0.334 e. The molecule has 13 rings (SSSR count). The summed E-state index contributed by atoms with van der Waals surface area (Å²) in [5.41, 5.74) is 28.2. The van der Waals surface area contributed by atoms with Crippen molar-refractivity contribution in [3.63, 3.8) is 0 Å². The van der Waals surface area contributed by atoms with Crippen LogP contribution in [0.4, 0.5) is 28.4 Å². The largest absolute Gasteiger partial charge is 0.334 e. The third-order valence-electron chi connectivity index (χ3n) is 18.2. The number of thiophene rings is 1. The smallest absolute Gasteiger partial charge is 0.247 e. The standard InChI is InChI=1S/C72H76BN3S/c1-41-33-60-64-61(34-41)76-65-52(63-66(76)51-21-18-19-23-53(51)72(63,16)17)37-47(71(13,14)15)38-55(65)73(64)54-30-28-48(40-59(54)75(60)58-24-20-22-50-49-29-25-46(70(10,11)12)39-62(49)77-67(50)58)74(56-31-26-44(35-42(56)2)68(4,5)6)57-32-27-45(36-43(57)3)69(7,8)9/h18-32,34-40,60H,33H2,1-17H3. The van der Waals surface area contributed by atoms with Crippen molar-refractivity contribution in [1.82, 2.24) is 4.57 Å². The van der Waals surface area contributed by atoms with Gasteiger partial charge in [0.25, 0.3) is 0 Å². The Labute approximate surface area is 463 Å². The van der Waals surface area contributed by atoms with E-state index in [0.717, 1.165) is 6.42 Å². The summed E-state index contributed by atoms with van der Waals surface area (Å²) in [6.45, 7) is 40.2. The summed E-state index contributed by atoms with van der Waals surface area (Å²) < 4.78 is 5.46. The Kier molecular flexibility index (Phi) is 10.7. The number of hydrogen-bond donors (Lipinski definition) is 0. The van der Waals surface area contributed by atoms with Crippen LogP contribution in [-0.4, -0.2) is 17.3 Å². The lowest BCUT2D eigenvalue weighted by molar-refractivity contribution is 0.589. The third kappa shape index (κ3) is 7.41. The SMILES string of the molecule is CC1=CC2=C3B(c4ccc(N(c5ccc(C(C)(C)C)cc5C)c5ccc(C(C)(C)C)cc5C)cc4N(c4cccc5c4sc4cc(C(C)(C)C)ccc45)C3C1)c1cc(C(C)(C)C)cc3c4c(n2c13)-c1ccccc1C4(C)C. The molecule has 0 N–H and O–H groups in total. The van der Waals surface area contributed by atoms with Gasteiger partial charge in [-0.2, -0.15) is 0 Å². The predicted molar refractivity (Wildman–Crippen MR) is 337 cm³/mol. The van der Waals surface area contributed by atoms with Crippen LogP contribution >= 0.6 is 11.3 Å². The fourth-order valence-corrected chi connectivity index (χ4v) is 15.3. The van der Waals surface area contributed by atoms with E-state index in [1.165, 1.54) is 143 Å². The molecule has 2 aromatic heterocycles. The second-order valence-electron chi connectivity index (χ2n) is 28.1. The molecule has 0 saturated carbocycles. The first kappa shape index (κ1) is 50.0. The minimum absolute atomic E-state index is 0.0259. The van der Waals surface area contributed by atoms with E-state index in [9.17, 15) is 0 Å². The van der Waals surface area contributed by atoms with E-state index >= 15 is 0 Å². The van der Waals surface area contributed by atoms with Crippen molar-refractivity contribution in [3.8, 4) is 11.3 Å². The first-order valence-electron chi connectivity index (χ1n) is 28.4. The third-order valence-corrected chi connectivity index (χ3v) is 19.4. The Morgan fingerprint density at radius 3 is 1.83 bits per heavy atom. The molecule has 0 fully saturated rings. The van der Waals surface area contributed by atoms with Crippen molar-refractivity contribution in [1.29, 1.82) is 0 Å². The highest BCUT2D eigenvalue weighted by molar-refractivity contribution is 7.26. The summed E-state index contributed by atoms with van der Waals surface area (Å²) in [7, 11) is 0. The quantitative estimate of drug-likeness (QED) is 0.163. The first-order valence-corrected chi connectivity index (χ1v) is 29.2. The molecule has 0 radical (unpaired) electrons. The predicted octanol–water partition coefficient (Wildman–Crippen LogP) is 18.8. The fraction of sp³-hybridized carbons (Fsp3) is 0.333. The lowest BCUT2D eigenvalue weighted by Crippen LogP contribution is -2.59. The number of anilines is 5. The average molecular weight is 1030 g/mol. The number of fused-ring (bicyclic) bond motifs is 12. The van der Waals surface area contributed by atoms with Gasteiger partial charge in [-0.15, -0.1) is 11.3 Å². The van der Waals surface area contributed by atoms with E-state index < -0.39 is 0 Å². The molecule has 1 unspecified atom stereocenters. The van der Waals surface area contributed by atoms with E-state index in [1.807, 2.05) is 11.3 Å². The first-order chi connectivity index (χ1) is 36.2. The van der Waals surface area contributed by atoms with Crippen LogP contribution in [0.15, 0.2) is 145 Å². The van der Waals surface area contributed by atoms with Crippen molar-refractivity contribution < 1.29 is 0 Å². The van der Waals surface area contributed by atoms with Gasteiger partial charge >= 0.3 is 0 Å². The highest BCUT2D eigenvalue weighted by Crippen LogP contribution is 2.57. The van der Waals surface area contributed by atoms with Crippen LogP contribution in [0.3, 0.4) is 0 Å². The van der Waals surface area contributed by atoms with Gasteiger partial charge in [0.1, 0.15) is 0 Å². The Bertz CT molecular complexity index is 4020. The Hall–Kier alpha value is -6.56. The average Bonchev–Trinajstić information content (AvgIpc) is 4.24. The Morgan fingerprint density at radius 1 is 0.571 bits per heavy atom. The van der Waals surface area contributed by atoms with Crippen LogP contribution in [0.1, 0.15) is 155 Å². The summed E-state index contributed by atoms with van der Waals surface area (Å²) in [4.78, 5) is 5.40. The van der Waals surface area contributed by atoms with Crippen LogP contribution in [0.2, 0.25) is 0 Å². The van der Waals surface area contributed by atoms with Gasteiger partial charge in [-0.1, -0.05) is 187 Å². The topological polar surface area (TPSA) is 11.4 Å². The number of benzene rings is 7. The van der Waals surface area contributed by atoms with Crippen LogP contribution < -0.4 is 20.7 Å². The molecule has 1 atom stereocenters. The lowest BCUT2D eigenvalue weighted by Gasteiger charge is -2.48. The van der Waals surface area contributed by atoms with Gasteiger partial charge in [0, 0.05) is 65.8 Å². The molecule has 5 heteroatoms. The monoisotopic (exact) mass is 1030 g/mol. The molecule has 9 aromatic rings. The summed E-state index contributed by atoms with van der Waals surface area (Å²) >= 11 is 1.97. The number of nitrogens with zero attached hydrogens (tertiary/aromatic N) is 3. The molecular formula is C72H76BN3S. The van der Waals surface area contributed by atoms with E-state index in [1.54, 1.807) is 0 Å². The van der Waals surface area contributed by atoms with E-state index in [4.69, 9.17) is 0 Å². The second-order valence-corrected chi connectivity index (χ2v) is 29.1. The van der Waals surface area contributed by atoms with Crippen molar-refractivity contribution in [3.05, 3.63) is 189 Å². The maximum atomic E-state index is 2.82. The number of allylic oxidation sites excluding steroid dienone is 2. The van der Waals surface area contributed by atoms with Crippen molar-refractivity contribution >= 4 is 94.2 Å². The number of aryl methyl sites for hydroxylation is 2. The Balaban J connectivity index is 1.14. The molecule has 0 spiro atoms. The summed E-state index contributed by atoms with van der Waals surface area (Å²) in [6.07, 6.45) is 3.51. The number of rotatable bonds is 4. The van der Waals surface area contributed by atoms with Crippen LogP contribution in [0.25, 0.3) is 48.0 Å². The van der Waals surface area contributed by atoms with E-state index in [-0.39, 0.29) is 39.8 Å². The normalized spacial score (nSPS) is 16.8. The summed E-state index contributed by atoms with van der Waals surface area (Å²) in [5, 5.41) is 4.08. The summed E-state index contributed by atoms with van der Waals surface area (Å²) in [5.74, 6) is 0.